The quantitative estimate of drug-likeness (QED) is 0.433. The number of alkyl halides is 3. The molecule has 0 fully saturated rings. The Morgan fingerprint density at radius 1 is 1.03 bits per heavy atom. The van der Waals surface area contributed by atoms with Crippen LogP contribution in [0.5, 0.6) is 11.5 Å². The van der Waals surface area contributed by atoms with E-state index in [4.69, 9.17) is 14.7 Å². The van der Waals surface area contributed by atoms with Gasteiger partial charge in [0.2, 0.25) is 0 Å². The number of benzene rings is 2. The van der Waals surface area contributed by atoms with Crippen molar-refractivity contribution < 1.29 is 22.6 Å². The Morgan fingerprint density at radius 2 is 1.71 bits per heavy atom. The lowest BCUT2D eigenvalue weighted by atomic mass is 10.1. The van der Waals surface area contributed by atoms with Gasteiger partial charge in [0.15, 0.2) is 11.4 Å². The minimum absolute atomic E-state index is 0.00898. The highest BCUT2D eigenvalue weighted by Gasteiger charge is 2.39. The summed E-state index contributed by atoms with van der Waals surface area (Å²) in [6.45, 7) is 1.79. The van der Waals surface area contributed by atoms with E-state index in [0.717, 1.165) is 17.3 Å². The zero-order valence-electron chi connectivity index (χ0n) is 16.7. The summed E-state index contributed by atoms with van der Waals surface area (Å²) in [5.74, 6) is 1.06. The summed E-state index contributed by atoms with van der Waals surface area (Å²) < 4.78 is 51.8. The Bertz CT molecular complexity index is 1080. The Hall–Kier alpha value is -3.25. The molecular formula is C22H18F3N3O2S. The SMILES string of the molecule is CCSc1c(C(F)(F)F)nnc(-c2ccc(C#N)cc2)c1OCc1ccc(OC)cc1. The molecule has 0 spiro atoms. The van der Waals surface area contributed by atoms with Gasteiger partial charge in [0.05, 0.1) is 23.6 Å². The van der Waals surface area contributed by atoms with Gasteiger partial charge in [-0.25, -0.2) is 0 Å². The van der Waals surface area contributed by atoms with Crippen molar-refractivity contribution in [1.82, 2.24) is 10.2 Å². The van der Waals surface area contributed by atoms with Gasteiger partial charge >= 0.3 is 6.18 Å². The van der Waals surface area contributed by atoms with Gasteiger partial charge in [-0.05, 0) is 35.6 Å². The molecule has 2 aromatic carbocycles. The van der Waals surface area contributed by atoms with Gasteiger partial charge < -0.3 is 9.47 Å². The normalized spacial score (nSPS) is 11.1. The Morgan fingerprint density at radius 3 is 2.26 bits per heavy atom. The molecule has 3 aromatic rings. The molecule has 9 heteroatoms. The molecule has 0 N–H and O–H groups in total. The third-order valence-electron chi connectivity index (χ3n) is 4.27. The predicted molar refractivity (Wildman–Crippen MR) is 111 cm³/mol. The van der Waals surface area contributed by atoms with Crippen molar-refractivity contribution in [1.29, 1.82) is 5.26 Å². The van der Waals surface area contributed by atoms with Gasteiger partial charge in [-0.3, -0.25) is 0 Å². The smallest absolute Gasteiger partial charge is 0.436 e. The number of halogens is 3. The molecule has 0 saturated heterocycles. The van der Waals surface area contributed by atoms with Crippen LogP contribution in [0.3, 0.4) is 0 Å². The molecule has 0 saturated carbocycles. The molecule has 0 unspecified atom stereocenters. The summed E-state index contributed by atoms with van der Waals surface area (Å²) in [5.41, 5.74) is 0.781. The van der Waals surface area contributed by atoms with Crippen LogP contribution < -0.4 is 9.47 Å². The van der Waals surface area contributed by atoms with Crippen molar-refractivity contribution in [3.05, 3.63) is 65.4 Å². The number of aromatic nitrogens is 2. The summed E-state index contributed by atoms with van der Waals surface area (Å²) in [7, 11) is 1.55. The standard InChI is InChI=1S/C22H18F3N3O2S/c1-3-31-20-19(30-13-15-6-10-17(29-2)11-7-15)18(27-28-21(20)22(23,24)25)16-8-4-14(12-26)5-9-16/h4-11H,3,13H2,1-2H3. The maximum Gasteiger partial charge on any atom is 0.436 e. The molecule has 5 nitrogen and oxygen atoms in total. The average Bonchev–Trinajstić information content (AvgIpc) is 2.77. The van der Waals surface area contributed by atoms with Crippen molar-refractivity contribution in [2.75, 3.05) is 12.9 Å². The zero-order valence-corrected chi connectivity index (χ0v) is 17.5. The van der Waals surface area contributed by atoms with Gasteiger partial charge in [-0.2, -0.15) is 18.4 Å². The number of thioether (sulfide) groups is 1. The Balaban J connectivity index is 2.08. The third kappa shape index (κ3) is 5.27. The first-order chi connectivity index (χ1) is 14.9. The minimum Gasteiger partial charge on any atom is -0.497 e. The fraction of sp³-hybridized carbons (Fsp3) is 0.227. The highest BCUT2D eigenvalue weighted by molar-refractivity contribution is 7.99. The van der Waals surface area contributed by atoms with Gasteiger partial charge in [0.25, 0.3) is 0 Å². The second kappa shape index (κ2) is 9.71. The van der Waals surface area contributed by atoms with Gasteiger partial charge in [0.1, 0.15) is 18.1 Å². The molecule has 0 amide bonds. The first-order valence-electron chi connectivity index (χ1n) is 9.24. The number of nitriles is 1. The van der Waals surface area contributed by atoms with Crippen LogP contribution in [0.1, 0.15) is 23.7 Å². The molecule has 0 atom stereocenters. The summed E-state index contributed by atoms with van der Waals surface area (Å²) in [6, 6.07) is 15.4. The van der Waals surface area contributed by atoms with E-state index >= 15 is 0 Å². The molecule has 3 rings (SSSR count). The van der Waals surface area contributed by atoms with Crippen LogP contribution in [0.2, 0.25) is 0 Å². The number of ether oxygens (including phenoxy) is 2. The van der Waals surface area contributed by atoms with Crippen LogP contribution in [-0.2, 0) is 12.8 Å². The summed E-state index contributed by atoms with van der Waals surface area (Å²) in [6.07, 6.45) is -4.67. The Kier molecular flexibility index (Phi) is 7.02. The lowest BCUT2D eigenvalue weighted by molar-refractivity contribution is -0.144. The largest absolute Gasteiger partial charge is 0.497 e. The molecule has 0 aliphatic carbocycles. The van der Waals surface area contributed by atoms with Gasteiger partial charge in [-0.1, -0.05) is 31.2 Å². The fourth-order valence-electron chi connectivity index (χ4n) is 2.77. The van der Waals surface area contributed by atoms with Crippen molar-refractivity contribution >= 4 is 11.8 Å². The molecular weight excluding hydrogens is 427 g/mol. The monoisotopic (exact) mass is 445 g/mol. The Labute approximate surface area is 181 Å². The summed E-state index contributed by atoms with van der Waals surface area (Å²) >= 11 is 0.993. The molecule has 0 radical (unpaired) electrons. The number of hydrogen-bond donors (Lipinski definition) is 0. The lowest BCUT2D eigenvalue weighted by Crippen LogP contribution is -2.14. The van der Waals surface area contributed by atoms with Gasteiger partial charge in [0, 0.05) is 5.56 Å². The first-order valence-corrected chi connectivity index (χ1v) is 10.2. The van der Waals surface area contributed by atoms with Crippen LogP contribution in [0, 0.1) is 11.3 Å². The fourth-order valence-corrected chi connectivity index (χ4v) is 3.64. The zero-order chi connectivity index (χ0) is 22.4. The van der Waals surface area contributed by atoms with Gasteiger partial charge in [-0.15, -0.1) is 22.0 Å². The number of hydrogen-bond acceptors (Lipinski definition) is 6. The lowest BCUT2D eigenvalue weighted by Gasteiger charge is -2.18. The molecule has 0 aliphatic heterocycles. The maximum absolute atomic E-state index is 13.6. The highest BCUT2D eigenvalue weighted by atomic mass is 32.2. The average molecular weight is 445 g/mol. The molecule has 1 aromatic heterocycles. The maximum atomic E-state index is 13.6. The summed E-state index contributed by atoms with van der Waals surface area (Å²) in [4.78, 5) is -0.113. The van der Waals surface area contributed by atoms with Crippen LogP contribution in [0.25, 0.3) is 11.3 Å². The van der Waals surface area contributed by atoms with Crippen molar-refractivity contribution in [3.63, 3.8) is 0 Å². The molecule has 1 heterocycles. The second-order valence-corrected chi connectivity index (χ2v) is 7.59. The van der Waals surface area contributed by atoms with E-state index in [9.17, 15) is 13.2 Å². The van der Waals surface area contributed by atoms with Crippen LogP contribution in [0.15, 0.2) is 53.4 Å². The number of rotatable bonds is 7. The van der Waals surface area contributed by atoms with E-state index in [1.165, 1.54) is 0 Å². The molecule has 160 valence electrons. The van der Waals surface area contributed by atoms with E-state index in [0.29, 0.717) is 22.6 Å². The number of nitrogens with zero attached hydrogens (tertiary/aromatic N) is 3. The van der Waals surface area contributed by atoms with Crippen LogP contribution >= 0.6 is 11.8 Å². The van der Waals surface area contributed by atoms with E-state index < -0.39 is 11.9 Å². The van der Waals surface area contributed by atoms with Crippen molar-refractivity contribution in [3.8, 4) is 28.8 Å². The minimum atomic E-state index is -4.67. The summed E-state index contributed by atoms with van der Waals surface area (Å²) in [5, 5.41) is 16.3. The molecule has 0 bridgehead atoms. The topological polar surface area (TPSA) is 68.0 Å². The van der Waals surface area contributed by atoms with Crippen LogP contribution in [0.4, 0.5) is 13.2 Å². The van der Waals surface area contributed by atoms with E-state index in [2.05, 4.69) is 10.2 Å². The van der Waals surface area contributed by atoms with Crippen LogP contribution in [-0.4, -0.2) is 23.1 Å². The number of methoxy groups -OCH3 is 1. The van der Waals surface area contributed by atoms with E-state index in [-0.39, 0.29) is 22.9 Å². The van der Waals surface area contributed by atoms with E-state index in [1.807, 2.05) is 6.07 Å². The van der Waals surface area contributed by atoms with E-state index in [1.54, 1.807) is 62.6 Å². The molecule has 0 aliphatic rings. The van der Waals surface area contributed by atoms with Crippen molar-refractivity contribution in [2.45, 2.75) is 24.6 Å². The predicted octanol–water partition coefficient (Wildman–Crippen LogP) is 5.73. The van der Waals surface area contributed by atoms with Crippen molar-refractivity contribution in [2.24, 2.45) is 0 Å². The first kappa shape index (κ1) is 22.4. The highest BCUT2D eigenvalue weighted by Crippen LogP contribution is 2.44. The molecule has 31 heavy (non-hydrogen) atoms. The second-order valence-electron chi connectivity index (χ2n) is 6.31. The third-order valence-corrected chi connectivity index (χ3v) is 5.23.